The Morgan fingerprint density at radius 3 is 2.40 bits per heavy atom. The molecule has 0 unspecified atom stereocenters. The van der Waals surface area contributed by atoms with Crippen LogP contribution in [0.15, 0.2) is 24.3 Å². The van der Waals surface area contributed by atoms with E-state index in [9.17, 15) is 14.4 Å². The Morgan fingerprint density at radius 2 is 1.77 bits per heavy atom. The van der Waals surface area contributed by atoms with Crippen LogP contribution < -0.4 is 10.1 Å². The molecule has 1 N–H and O–H groups in total. The fraction of sp³-hybridized carbons (Fsp3) is 0.538. The van der Waals surface area contributed by atoms with Crippen LogP contribution in [0.25, 0.3) is 0 Å². The van der Waals surface area contributed by atoms with Crippen molar-refractivity contribution in [1.29, 1.82) is 0 Å². The van der Waals surface area contributed by atoms with Gasteiger partial charge >= 0.3 is 0 Å². The fourth-order valence-corrected chi connectivity index (χ4v) is 4.89. The molecule has 1 fully saturated rings. The van der Waals surface area contributed by atoms with Crippen molar-refractivity contribution in [2.24, 2.45) is 18.9 Å². The van der Waals surface area contributed by atoms with Crippen LogP contribution in [0.1, 0.15) is 54.0 Å². The zero-order valence-electron chi connectivity index (χ0n) is 21.0. The number of benzene rings is 1. The third-order valence-corrected chi connectivity index (χ3v) is 7.03. The molecule has 2 aliphatic heterocycles. The number of methoxy groups -OCH3 is 1. The Balaban J connectivity index is 1.34. The molecule has 4 rings (SSSR count). The molecule has 0 radical (unpaired) electrons. The lowest BCUT2D eigenvalue weighted by Gasteiger charge is -2.32. The van der Waals surface area contributed by atoms with Gasteiger partial charge in [-0.15, -0.1) is 0 Å². The van der Waals surface area contributed by atoms with E-state index in [-0.39, 0.29) is 29.6 Å². The molecule has 1 aromatic heterocycles. The molecule has 0 bridgehead atoms. The Hall–Kier alpha value is -3.36. The second-order valence-corrected chi connectivity index (χ2v) is 9.69. The molecule has 0 spiro atoms. The molecule has 9 nitrogen and oxygen atoms in total. The second-order valence-electron chi connectivity index (χ2n) is 9.69. The van der Waals surface area contributed by atoms with E-state index in [1.165, 1.54) is 0 Å². The van der Waals surface area contributed by atoms with Gasteiger partial charge in [0.25, 0.3) is 5.91 Å². The number of carbonyl (C=O) groups excluding carboxylic acids is 3. The summed E-state index contributed by atoms with van der Waals surface area (Å²) in [5.74, 6) is 0.588. The molecule has 3 amide bonds. The van der Waals surface area contributed by atoms with Crippen molar-refractivity contribution in [2.45, 2.75) is 46.2 Å². The van der Waals surface area contributed by atoms with Crippen molar-refractivity contribution in [3.8, 4) is 5.75 Å². The zero-order chi connectivity index (χ0) is 25.1. The number of nitrogens with one attached hydrogen (secondary N) is 1. The number of aromatic nitrogens is 2. The second kappa shape index (κ2) is 10.5. The van der Waals surface area contributed by atoms with Crippen LogP contribution in [0.4, 0.5) is 0 Å². The highest BCUT2D eigenvalue weighted by atomic mass is 16.5. The lowest BCUT2D eigenvalue weighted by Crippen LogP contribution is -2.43. The molecule has 188 valence electrons. The first-order valence-corrected chi connectivity index (χ1v) is 12.3. The molecule has 35 heavy (non-hydrogen) atoms. The lowest BCUT2D eigenvalue weighted by atomic mass is 9.95. The van der Waals surface area contributed by atoms with Crippen molar-refractivity contribution in [3.05, 3.63) is 46.8 Å². The minimum Gasteiger partial charge on any atom is -0.497 e. The molecule has 0 atom stereocenters. The standard InChI is InChI=1S/C26H35N5O4/c1-17(2)25(33)31-14-11-22-21(16-31)23(28-29(22)3)26(34)30-12-9-19(10-13-30)24(32)27-15-18-5-7-20(35-4)8-6-18/h5-8,17,19H,9-16H2,1-4H3,(H,27,32). The predicted octanol–water partition coefficient (Wildman–Crippen LogP) is 2.14. The summed E-state index contributed by atoms with van der Waals surface area (Å²) in [4.78, 5) is 42.2. The van der Waals surface area contributed by atoms with Crippen LogP contribution in [0.3, 0.4) is 0 Å². The minimum atomic E-state index is -0.117. The summed E-state index contributed by atoms with van der Waals surface area (Å²) in [6, 6.07) is 7.62. The molecule has 1 aromatic carbocycles. The first kappa shape index (κ1) is 24.8. The maximum Gasteiger partial charge on any atom is 0.274 e. The number of fused-ring (bicyclic) bond motifs is 1. The highest BCUT2D eigenvalue weighted by molar-refractivity contribution is 5.94. The van der Waals surface area contributed by atoms with Gasteiger partial charge in [-0.1, -0.05) is 26.0 Å². The summed E-state index contributed by atoms with van der Waals surface area (Å²) < 4.78 is 6.94. The number of piperidine rings is 1. The van der Waals surface area contributed by atoms with Gasteiger partial charge in [0, 0.05) is 69.3 Å². The van der Waals surface area contributed by atoms with Gasteiger partial charge in [-0.3, -0.25) is 19.1 Å². The highest BCUT2D eigenvalue weighted by Gasteiger charge is 2.34. The summed E-state index contributed by atoms with van der Waals surface area (Å²) in [5, 5.41) is 7.55. The van der Waals surface area contributed by atoms with E-state index in [1.54, 1.807) is 16.7 Å². The van der Waals surface area contributed by atoms with Crippen LogP contribution in [0.5, 0.6) is 5.75 Å². The van der Waals surface area contributed by atoms with E-state index >= 15 is 0 Å². The van der Waals surface area contributed by atoms with Crippen molar-refractivity contribution in [2.75, 3.05) is 26.7 Å². The van der Waals surface area contributed by atoms with E-state index in [0.717, 1.165) is 22.6 Å². The van der Waals surface area contributed by atoms with Gasteiger partial charge in [-0.05, 0) is 30.5 Å². The summed E-state index contributed by atoms with van der Waals surface area (Å²) in [7, 11) is 3.48. The molecule has 0 saturated carbocycles. The van der Waals surface area contributed by atoms with Gasteiger partial charge in [0.2, 0.25) is 11.8 Å². The molecular formula is C26H35N5O4. The number of hydrogen-bond acceptors (Lipinski definition) is 5. The van der Waals surface area contributed by atoms with Crippen LogP contribution in [-0.4, -0.2) is 64.0 Å². The first-order chi connectivity index (χ1) is 16.8. The summed E-state index contributed by atoms with van der Waals surface area (Å²) in [6.45, 7) is 6.35. The number of nitrogens with zero attached hydrogens (tertiary/aromatic N) is 4. The average Bonchev–Trinajstić information content (AvgIpc) is 3.22. The number of ether oxygens (including phenoxy) is 1. The van der Waals surface area contributed by atoms with Crippen molar-refractivity contribution >= 4 is 17.7 Å². The van der Waals surface area contributed by atoms with Gasteiger partial charge < -0.3 is 19.9 Å². The van der Waals surface area contributed by atoms with E-state index in [1.807, 2.05) is 50.1 Å². The quantitative estimate of drug-likeness (QED) is 0.682. The Kier molecular flexibility index (Phi) is 7.42. The molecule has 2 aliphatic rings. The Morgan fingerprint density at radius 1 is 1.09 bits per heavy atom. The summed E-state index contributed by atoms with van der Waals surface area (Å²) in [5.41, 5.74) is 3.33. The minimum absolute atomic E-state index is 0.0194. The Labute approximate surface area is 206 Å². The van der Waals surface area contributed by atoms with E-state index in [0.29, 0.717) is 57.7 Å². The molecular weight excluding hydrogens is 446 g/mol. The molecule has 3 heterocycles. The van der Waals surface area contributed by atoms with Gasteiger partial charge in [-0.25, -0.2) is 0 Å². The van der Waals surface area contributed by atoms with Crippen molar-refractivity contribution < 1.29 is 19.1 Å². The SMILES string of the molecule is COc1ccc(CNC(=O)C2CCN(C(=O)c3nn(C)c4c3CN(C(=O)C(C)C)CC4)CC2)cc1. The maximum atomic E-state index is 13.4. The number of likely N-dealkylation sites (tertiary alicyclic amines) is 1. The van der Waals surface area contributed by atoms with Gasteiger partial charge in [-0.2, -0.15) is 5.10 Å². The van der Waals surface area contributed by atoms with Gasteiger partial charge in [0.15, 0.2) is 5.69 Å². The topological polar surface area (TPSA) is 96.8 Å². The van der Waals surface area contributed by atoms with Crippen LogP contribution in [0.2, 0.25) is 0 Å². The third kappa shape index (κ3) is 5.33. The number of rotatable bonds is 6. The van der Waals surface area contributed by atoms with E-state index in [2.05, 4.69) is 10.4 Å². The van der Waals surface area contributed by atoms with Crippen molar-refractivity contribution in [3.63, 3.8) is 0 Å². The number of carbonyl (C=O) groups is 3. The maximum absolute atomic E-state index is 13.4. The van der Waals surface area contributed by atoms with Crippen LogP contribution >= 0.6 is 0 Å². The summed E-state index contributed by atoms with van der Waals surface area (Å²) in [6.07, 6.45) is 1.93. The van der Waals surface area contributed by atoms with Crippen molar-refractivity contribution in [1.82, 2.24) is 24.9 Å². The first-order valence-electron chi connectivity index (χ1n) is 12.3. The fourth-order valence-electron chi connectivity index (χ4n) is 4.89. The van der Waals surface area contributed by atoms with Crippen LogP contribution in [-0.2, 0) is 36.1 Å². The smallest absolute Gasteiger partial charge is 0.274 e. The largest absolute Gasteiger partial charge is 0.497 e. The number of amides is 3. The Bertz CT molecular complexity index is 1080. The van der Waals surface area contributed by atoms with Gasteiger partial charge in [0.05, 0.1) is 7.11 Å². The third-order valence-electron chi connectivity index (χ3n) is 7.03. The number of hydrogen-bond donors (Lipinski definition) is 1. The summed E-state index contributed by atoms with van der Waals surface area (Å²) >= 11 is 0. The zero-order valence-corrected chi connectivity index (χ0v) is 21.0. The molecule has 2 aromatic rings. The highest BCUT2D eigenvalue weighted by Crippen LogP contribution is 2.26. The van der Waals surface area contributed by atoms with Crippen LogP contribution in [0, 0.1) is 11.8 Å². The van der Waals surface area contributed by atoms with Gasteiger partial charge in [0.1, 0.15) is 5.75 Å². The molecule has 1 saturated heterocycles. The average molecular weight is 482 g/mol. The number of aryl methyl sites for hydroxylation is 1. The van der Waals surface area contributed by atoms with E-state index < -0.39 is 0 Å². The molecule has 0 aliphatic carbocycles. The molecule has 9 heteroatoms. The predicted molar refractivity (Wildman–Crippen MR) is 131 cm³/mol. The van der Waals surface area contributed by atoms with E-state index in [4.69, 9.17) is 4.74 Å². The normalized spacial score (nSPS) is 16.3. The lowest BCUT2D eigenvalue weighted by molar-refractivity contribution is -0.135. The monoisotopic (exact) mass is 481 g/mol.